The third-order valence-electron chi connectivity index (χ3n) is 3.92. The zero-order chi connectivity index (χ0) is 13.7. The number of rotatable bonds is 5. The van der Waals surface area contributed by atoms with Crippen molar-refractivity contribution < 1.29 is 0 Å². The molecule has 106 valence electrons. The molecule has 0 amide bonds. The third kappa shape index (κ3) is 4.30. The average Bonchev–Trinajstić information content (AvgIpc) is 2.40. The van der Waals surface area contributed by atoms with Gasteiger partial charge in [-0.3, -0.25) is 4.90 Å². The number of hydrogen-bond donors (Lipinski definition) is 1. The van der Waals surface area contributed by atoms with Crippen molar-refractivity contribution in [3.8, 4) is 0 Å². The summed E-state index contributed by atoms with van der Waals surface area (Å²) < 4.78 is 0. The zero-order valence-corrected chi connectivity index (χ0v) is 12.5. The minimum Gasteiger partial charge on any atom is -0.313 e. The Bertz CT molecular complexity index is 391. The fourth-order valence-corrected chi connectivity index (χ4v) is 2.75. The van der Waals surface area contributed by atoms with E-state index in [1.54, 1.807) is 0 Å². The molecule has 3 nitrogen and oxygen atoms in total. The van der Waals surface area contributed by atoms with Gasteiger partial charge in [0.15, 0.2) is 0 Å². The lowest BCUT2D eigenvalue weighted by molar-refractivity contribution is 0.0938. The summed E-state index contributed by atoms with van der Waals surface area (Å²) in [6, 6.07) is 9.63. The highest BCUT2D eigenvalue weighted by Gasteiger charge is 2.21. The standard InChI is InChI=1S/C16H27N3/c1-4-17-11-15-6-5-7-16(10-15)13-19-9-8-18(3)12-14(19)2/h5-7,10,14,17H,4,8-9,11-13H2,1-3H3. The summed E-state index contributed by atoms with van der Waals surface area (Å²) in [6.45, 7) is 11.1. The second-order valence-corrected chi connectivity index (χ2v) is 5.68. The van der Waals surface area contributed by atoms with Gasteiger partial charge in [0.05, 0.1) is 0 Å². The monoisotopic (exact) mass is 261 g/mol. The molecule has 1 aliphatic heterocycles. The molecule has 1 aliphatic rings. The summed E-state index contributed by atoms with van der Waals surface area (Å²) in [7, 11) is 2.21. The van der Waals surface area contributed by atoms with E-state index in [0.29, 0.717) is 6.04 Å². The molecule has 1 fully saturated rings. The molecule has 1 heterocycles. The van der Waals surface area contributed by atoms with E-state index in [9.17, 15) is 0 Å². The number of nitrogens with zero attached hydrogens (tertiary/aromatic N) is 2. The normalized spacial score (nSPS) is 21.7. The summed E-state index contributed by atoms with van der Waals surface area (Å²) >= 11 is 0. The van der Waals surface area contributed by atoms with Crippen molar-refractivity contribution in [1.82, 2.24) is 15.1 Å². The first-order valence-electron chi connectivity index (χ1n) is 7.40. The molecule has 1 atom stereocenters. The summed E-state index contributed by atoms with van der Waals surface area (Å²) in [6.07, 6.45) is 0. The van der Waals surface area contributed by atoms with Gasteiger partial charge in [0.2, 0.25) is 0 Å². The van der Waals surface area contributed by atoms with Gasteiger partial charge in [0.1, 0.15) is 0 Å². The first-order valence-corrected chi connectivity index (χ1v) is 7.40. The highest BCUT2D eigenvalue weighted by atomic mass is 15.3. The molecule has 0 saturated carbocycles. The van der Waals surface area contributed by atoms with E-state index in [0.717, 1.165) is 19.6 Å². The van der Waals surface area contributed by atoms with Crippen LogP contribution in [0.25, 0.3) is 0 Å². The number of hydrogen-bond acceptors (Lipinski definition) is 3. The van der Waals surface area contributed by atoms with E-state index in [-0.39, 0.29) is 0 Å². The molecule has 3 heteroatoms. The largest absolute Gasteiger partial charge is 0.313 e. The number of likely N-dealkylation sites (N-methyl/N-ethyl adjacent to an activating group) is 1. The predicted octanol–water partition coefficient (Wildman–Crippen LogP) is 1.93. The highest BCUT2D eigenvalue weighted by Crippen LogP contribution is 2.14. The van der Waals surface area contributed by atoms with Gasteiger partial charge in [-0.05, 0) is 31.6 Å². The Morgan fingerprint density at radius 2 is 2.05 bits per heavy atom. The van der Waals surface area contributed by atoms with Crippen LogP contribution in [0.4, 0.5) is 0 Å². The molecule has 1 aromatic carbocycles. The van der Waals surface area contributed by atoms with Gasteiger partial charge in [-0.2, -0.15) is 0 Å². The maximum Gasteiger partial charge on any atom is 0.0237 e. The summed E-state index contributed by atoms with van der Waals surface area (Å²) in [5.41, 5.74) is 2.83. The van der Waals surface area contributed by atoms with E-state index in [2.05, 4.69) is 60.3 Å². The molecular formula is C16H27N3. The summed E-state index contributed by atoms with van der Waals surface area (Å²) in [5.74, 6) is 0. The Hall–Kier alpha value is -0.900. The molecule has 1 N–H and O–H groups in total. The topological polar surface area (TPSA) is 18.5 Å². The zero-order valence-electron chi connectivity index (χ0n) is 12.5. The predicted molar refractivity (Wildman–Crippen MR) is 81.2 cm³/mol. The van der Waals surface area contributed by atoms with Crippen molar-refractivity contribution in [1.29, 1.82) is 0 Å². The van der Waals surface area contributed by atoms with E-state index in [1.165, 1.54) is 30.8 Å². The van der Waals surface area contributed by atoms with E-state index < -0.39 is 0 Å². The molecule has 1 saturated heterocycles. The van der Waals surface area contributed by atoms with E-state index in [4.69, 9.17) is 0 Å². The molecule has 1 aromatic rings. The molecular weight excluding hydrogens is 234 g/mol. The third-order valence-corrected chi connectivity index (χ3v) is 3.92. The fourth-order valence-electron chi connectivity index (χ4n) is 2.75. The quantitative estimate of drug-likeness (QED) is 0.874. The van der Waals surface area contributed by atoms with Gasteiger partial charge in [-0.1, -0.05) is 31.2 Å². The number of nitrogens with one attached hydrogen (secondary N) is 1. The van der Waals surface area contributed by atoms with Crippen molar-refractivity contribution in [3.05, 3.63) is 35.4 Å². The molecule has 0 spiro atoms. The maximum absolute atomic E-state index is 3.39. The number of benzene rings is 1. The second kappa shape index (κ2) is 7.04. The first-order chi connectivity index (χ1) is 9.19. The van der Waals surface area contributed by atoms with E-state index >= 15 is 0 Å². The van der Waals surface area contributed by atoms with Crippen LogP contribution in [0.3, 0.4) is 0 Å². The molecule has 0 aromatic heterocycles. The molecule has 19 heavy (non-hydrogen) atoms. The maximum atomic E-state index is 3.39. The van der Waals surface area contributed by atoms with Crippen molar-refractivity contribution in [2.45, 2.75) is 33.0 Å². The van der Waals surface area contributed by atoms with Crippen LogP contribution in [-0.2, 0) is 13.1 Å². The van der Waals surface area contributed by atoms with Gasteiger partial charge in [-0.25, -0.2) is 0 Å². The van der Waals surface area contributed by atoms with Crippen molar-refractivity contribution in [3.63, 3.8) is 0 Å². The molecule has 2 rings (SSSR count). The van der Waals surface area contributed by atoms with Gasteiger partial charge in [0, 0.05) is 38.8 Å². The van der Waals surface area contributed by atoms with Crippen LogP contribution >= 0.6 is 0 Å². The summed E-state index contributed by atoms with van der Waals surface area (Å²) in [5, 5.41) is 3.39. The Morgan fingerprint density at radius 3 is 2.79 bits per heavy atom. The lowest BCUT2D eigenvalue weighted by Gasteiger charge is -2.38. The van der Waals surface area contributed by atoms with Crippen molar-refractivity contribution in [2.75, 3.05) is 33.2 Å². The fraction of sp³-hybridized carbons (Fsp3) is 0.625. The van der Waals surface area contributed by atoms with Gasteiger partial charge >= 0.3 is 0 Å². The van der Waals surface area contributed by atoms with Crippen LogP contribution in [0.2, 0.25) is 0 Å². The van der Waals surface area contributed by atoms with Gasteiger partial charge < -0.3 is 10.2 Å². The molecule has 1 unspecified atom stereocenters. The van der Waals surface area contributed by atoms with Crippen LogP contribution in [0, 0.1) is 0 Å². The average molecular weight is 261 g/mol. The van der Waals surface area contributed by atoms with E-state index in [1.807, 2.05) is 0 Å². The van der Waals surface area contributed by atoms with Crippen LogP contribution in [-0.4, -0.2) is 49.1 Å². The minimum atomic E-state index is 0.649. The first kappa shape index (κ1) is 14.5. The Kier molecular flexibility index (Phi) is 5.37. The molecule has 0 aliphatic carbocycles. The van der Waals surface area contributed by atoms with Crippen LogP contribution in [0.1, 0.15) is 25.0 Å². The highest BCUT2D eigenvalue weighted by molar-refractivity contribution is 5.23. The van der Waals surface area contributed by atoms with Crippen molar-refractivity contribution >= 4 is 0 Å². The molecule has 0 bridgehead atoms. The Balaban J connectivity index is 1.94. The lowest BCUT2D eigenvalue weighted by atomic mass is 10.1. The van der Waals surface area contributed by atoms with Crippen LogP contribution in [0.5, 0.6) is 0 Å². The molecule has 0 radical (unpaired) electrons. The van der Waals surface area contributed by atoms with Crippen LogP contribution in [0.15, 0.2) is 24.3 Å². The van der Waals surface area contributed by atoms with Gasteiger partial charge in [-0.15, -0.1) is 0 Å². The van der Waals surface area contributed by atoms with Gasteiger partial charge in [0.25, 0.3) is 0 Å². The van der Waals surface area contributed by atoms with Crippen LogP contribution < -0.4 is 5.32 Å². The SMILES string of the molecule is CCNCc1cccc(CN2CCN(C)CC2C)c1. The second-order valence-electron chi connectivity index (χ2n) is 5.68. The van der Waals surface area contributed by atoms with Crippen molar-refractivity contribution in [2.24, 2.45) is 0 Å². The summed E-state index contributed by atoms with van der Waals surface area (Å²) in [4.78, 5) is 5.01. The smallest absolute Gasteiger partial charge is 0.0237 e. The Labute approximate surface area is 117 Å². The minimum absolute atomic E-state index is 0.649. The lowest BCUT2D eigenvalue weighted by Crippen LogP contribution is -2.49. The number of piperazine rings is 1. The Morgan fingerprint density at radius 1 is 1.26 bits per heavy atom.